The maximum Gasteiger partial charge on any atom is 0.414 e. The molecule has 17 heavy (non-hydrogen) atoms. The van der Waals surface area contributed by atoms with Gasteiger partial charge in [-0.2, -0.15) is 0 Å². The zero-order valence-electron chi connectivity index (χ0n) is 9.80. The molecule has 0 aliphatic carbocycles. The van der Waals surface area contributed by atoms with E-state index in [2.05, 4.69) is 6.58 Å². The van der Waals surface area contributed by atoms with Crippen LogP contribution in [0.1, 0.15) is 23.6 Å². The second-order valence-electron chi connectivity index (χ2n) is 3.86. The largest absolute Gasteiger partial charge is 0.452 e. The normalized spacial score (nSPS) is 17.5. The summed E-state index contributed by atoms with van der Waals surface area (Å²) in [7, 11) is 1.39. The number of rotatable bonds is 2. The van der Waals surface area contributed by atoms with Crippen LogP contribution in [0.4, 0.5) is 4.79 Å². The van der Waals surface area contributed by atoms with E-state index < -0.39 is 0 Å². The molecule has 2 rings (SSSR count). The Kier molecular flexibility index (Phi) is 3.28. The van der Waals surface area contributed by atoms with Crippen molar-refractivity contribution >= 4 is 12.2 Å². The first-order chi connectivity index (χ1) is 8.27. The first kappa shape index (κ1) is 11.5. The number of benzene rings is 1. The monoisotopic (exact) mass is 229 g/mol. The molecule has 0 N–H and O–H groups in total. The summed E-state index contributed by atoms with van der Waals surface area (Å²) in [6.07, 6.45) is 5.86. The lowest BCUT2D eigenvalue weighted by Gasteiger charge is -2.31. The summed E-state index contributed by atoms with van der Waals surface area (Å²) in [5, 5.41) is 0. The van der Waals surface area contributed by atoms with Crippen LogP contribution >= 0.6 is 0 Å². The van der Waals surface area contributed by atoms with E-state index in [-0.39, 0.29) is 12.1 Å². The zero-order chi connectivity index (χ0) is 12.3. The first-order valence-corrected chi connectivity index (χ1v) is 5.52. The van der Waals surface area contributed by atoms with Gasteiger partial charge in [-0.15, -0.1) is 6.58 Å². The van der Waals surface area contributed by atoms with Gasteiger partial charge in [-0.25, -0.2) is 4.79 Å². The van der Waals surface area contributed by atoms with E-state index in [0.29, 0.717) is 6.42 Å². The van der Waals surface area contributed by atoms with Gasteiger partial charge in [0.05, 0.1) is 13.2 Å². The number of carbonyl (C=O) groups is 1. The molecule has 0 saturated carbocycles. The SMILES string of the molecule is C=CCC1c2ccccc2C=CN1C(=O)OC. The number of nitrogens with zero attached hydrogens (tertiary/aromatic N) is 1. The third kappa shape index (κ3) is 2.09. The van der Waals surface area contributed by atoms with Crippen LogP contribution in [0.5, 0.6) is 0 Å². The van der Waals surface area contributed by atoms with Gasteiger partial charge in [-0.3, -0.25) is 4.90 Å². The van der Waals surface area contributed by atoms with E-state index in [9.17, 15) is 4.79 Å². The lowest BCUT2D eigenvalue weighted by Crippen LogP contribution is -2.32. The van der Waals surface area contributed by atoms with Gasteiger partial charge < -0.3 is 4.74 Å². The Balaban J connectivity index is 2.41. The number of methoxy groups -OCH3 is 1. The molecule has 0 aromatic heterocycles. The van der Waals surface area contributed by atoms with Crippen molar-refractivity contribution in [1.82, 2.24) is 4.90 Å². The lowest BCUT2D eigenvalue weighted by atomic mass is 9.94. The Hall–Kier alpha value is -2.03. The maximum atomic E-state index is 11.7. The third-order valence-electron chi connectivity index (χ3n) is 2.88. The van der Waals surface area contributed by atoms with Crippen molar-refractivity contribution in [2.75, 3.05) is 7.11 Å². The molecule has 0 radical (unpaired) electrons. The first-order valence-electron chi connectivity index (χ1n) is 5.52. The minimum Gasteiger partial charge on any atom is -0.452 e. The number of amides is 1. The molecule has 3 heteroatoms. The quantitative estimate of drug-likeness (QED) is 0.728. The standard InChI is InChI=1S/C14H15NO2/c1-3-6-13-12-8-5-4-7-11(12)9-10-15(13)14(16)17-2/h3-5,7-10,13H,1,6H2,2H3. The van der Waals surface area contributed by atoms with Crippen LogP contribution in [0.25, 0.3) is 6.08 Å². The molecule has 0 saturated heterocycles. The predicted molar refractivity (Wildman–Crippen MR) is 67.3 cm³/mol. The lowest BCUT2D eigenvalue weighted by molar-refractivity contribution is 0.126. The molecule has 1 aromatic carbocycles. The molecule has 1 amide bonds. The summed E-state index contributed by atoms with van der Waals surface area (Å²) in [4.78, 5) is 13.3. The number of ether oxygens (including phenoxy) is 1. The van der Waals surface area contributed by atoms with Gasteiger partial charge in [0.25, 0.3) is 0 Å². The maximum absolute atomic E-state index is 11.7. The van der Waals surface area contributed by atoms with Crippen LogP contribution in [0.15, 0.2) is 43.1 Å². The van der Waals surface area contributed by atoms with Crippen molar-refractivity contribution in [1.29, 1.82) is 0 Å². The van der Waals surface area contributed by atoms with Crippen LogP contribution in [-0.4, -0.2) is 18.1 Å². The van der Waals surface area contributed by atoms with Crippen LogP contribution in [-0.2, 0) is 4.74 Å². The minimum atomic E-state index is -0.345. The number of hydrogen-bond donors (Lipinski definition) is 0. The van der Waals surface area contributed by atoms with Crippen molar-refractivity contribution in [3.8, 4) is 0 Å². The van der Waals surface area contributed by atoms with Crippen LogP contribution in [0.2, 0.25) is 0 Å². The van der Waals surface area contributed by atoms with E-state index in [1.165, 1.54) is 7.11 Å². The van der Waals surface area contributed by atoms with Crippen molar-refractivity contribution in [2.45, 2.75) is 12.5 Å². The minimum absolute atomic E-state index is 0.0267. The average Bonchev–Trinajstić information content (AvgIpc) is 2.38. The number of fused-ring (bicyclic) bond motifs is 1. The molecule has 88 valence electrons. The third-order valence-corrected chi connectivity index (χ3v) is 2.88. The Morgan fingerprint density at radius 1 is 1.53 bits per heavy atom. The van der Waals surface area contributed by atoms with Gasteiger partial charge >= 0.3 is 6.09 Å². The fraction of sp³-hybridized carbons (Fsp3) is 0.214. The molecule has 1 heterocycles. The van der Waals surface area contributed by atoms with Crippen molar-refractivity contribution < 1.29 is 9.53 Å². The van der Waals surface area contributed by atoms with E-state index in [1.54, 1.807) is 11.1 Å². The highest BCUT2D eigenvalue weighted by atomic mass is 16.5. The van der Waals surface area contributed by atoms with Gasteiger partial charge in [0.2, 0.25) is 0 Å². The Morgan fingerprint density at radius 2 is 2.29 bits per heavy atom. The molecule has 0 bridgehead atoms. The molecule has 1 aliphatic heterocycles. The second-order valence-corrected chi connectivity index (χ2v) is 3.86. The molecule has 1 aromatic rings. The smallest absolute Gasteiger partial charge is 0.414 e. The van der Waals surface area contributed by atoms with Crippen LogP contribution in [0, 0.1) is 0 Å². The summed E-state index contributed by atoms with van der Waals surface area (Å²) < 4.78 is 4.78. The van der Waals surface area contributed by atoms with Gasteiger partial charge in [-0.1, -0.05) is 30.3 Å². The van der Waals surface area contributed by atoms with Crippen molar-refractivity contribution in [3.63, 3.8) is 0 Å². The molecule has 1 unspecified atom stereocenters. The van der Waals surface area contributed by atoms with Crippen molar-refractivity contribution in [3.05, 3.63) is 54.2 Å². The average molecular weight is 229 g/mol. The molecular formula is C14H15NO2. The summed E-state index contributed by atoms with van der Waals surface area (Å²) in [5.41, 5.74) is 2.26. The van der Waals surface area contributed by atoms with Gasteiger partial charge in [-0.05, 0) is 23.6 Å². The fourth-order valence-corrected chi connectivity index (χ4v) is 2.07. The predicted octanol–water partition coefficient (Wildman–Crippen LogP) is 3.36. The van der Waals surface area contributed by atoms with Crippen LogP contribution in [0.3, 0.4) is 0 Å². The number of hydrogen-bond acceptors (Lipinski definition) is 2. The molecular weight excluding hydrogens is 214 g/mol. The summed E-state index contributed by atoms with van der Waals surface area (Å²) in [6.45, 7) is 3.74. The Bertz CT molecular complexity index is 465. The summed E-state index contributed by atoms with van der Waals surface area (Å²) >= 11 is 0. The second kappa shape index (κ2) is 4.87. The fourth-order valence-electron chi connectivity index (χ4n) is 2.07. The highest BCUT2D eigenvalue weighted by Gasteiger charge is 2.27. The van der Waals surface area contributed by atoms with Gasteiger partial charge in [0, 0.05) is 6.20 Å². The Labute approximate surface area is 101 Å². The Morgan fingerprint density at radius 3 is 3.00 bits per heavy atom. The zero-order valence-corrected chi connectivity index (χ0v) is 9.80. The van der Waals surface area contributed by atoms with E-state index in [0.717, 1.165) is 11.1 Å². The number of carbonyl (C=O) groups excluding carboxylic acids is 1. The molecule has 0 fully saturated rings. The van der Waals surface area contributed by atoms with Gasteiger partial charge in [0.1, 0.15) is 0 Å². The van der Waals surface area contributed by atoms with E-state index in [4.69, 9.17) is 4.74 Å². The van der Waals surface area contributed by atoms with E-state index >= 15 is 0 Å². The topological polar surface area (TPSA) is 29.5 Å². The molecule has 0 spiro atoms. The molecule has 1 atom stereocenters. The van der Waals surface area contributed by atoms with Crippen molar-refractivity contribution in [2.24, 2.45) is 0 Å². The molecule has 1 aliphatic rings. The summed E-state index contributed by atoms with van der Waals surface area (Å²) in [5.74, 6) is 0. The molecule has 3 nitrogen and oxygen atoms in total. The summed E-state index contributed by atoms with van der Waals surface area (Å²) in [6, 6.07) is 8.01. The highest BCUT2D eigenvalue weighted by Crippen LogP contribution is 2.33. The van der Waals surface area contributed by atoms with E-state index in [1.807, 2.05) is 36.4 Å². The van der Waals surface area contributed by atoms with Crippen LogP contribution < -0.4 is 0 Å². The highest BCUT2D eigenvalue weighted by molar-refractivity contribution is 5.73. The van der Waals surface area contributed by atoms with Gasteiger partial charge in [0.15, 0.2) is 0 Å².